The Morgan fingerprint density at radius 1 is 1.19 bits per heavy atom. The van der Waals surface area contributed by atoms with Crippen molar-refractivity contribution in [3.8, 4) is 11.5 Å². The van der Waals surface area contributed by atoms with Gasteiger partial charge in [-0.2, -0.15) is 0 Å². The van der Waals surface area contributed by atoms with Crippen LogP contribution in [-0.2, 0) is 6.61 Å². The first kappa shape index (κ1) is 15.5. The normalized spacial score (nSPS) is 10.3. The number of ketones is 1. The number of hydrogen-bond acceptors (Lipinski definition) is 3. The number of halogens is 2. The average Bonchev–Trinajstić information content (AvgIpc) is 2.46. The molecule has 21 heavy (non-hydrogen) atoms. The van der Waals surface area contributed by atoms with Crippen molar-refractivity contribution in [2.24, 2.45) is 0 Å². The Balaban J connectivity index is 2.22. The zero-order valence-corrected chi connectivity index (χ0v) is 13.2. The molecule has 0 radical (unpaired) electrons. The third-order valence-corrected chi connectivity index (χ3v) is 3.46. The molecule has 0 heterocycles. The standard InChI is InChI=1S/C16H14BrFO3/c1-10(19)11-3-5-15(20-2)12(7-11)9-21-16-6-4-13(17)8-14(16)18/h3-8H,9H2,1-2H3. The molecule has 0 aliphatic carbocycles. The van der Waals surface area contributed by atoms with Gasteiger partial charge >= 0.3 is 0 Å². The fraction of sp³-hybridized carbons (Fsp3) is 0.188. The Morgan fingerprint density at radius 3 is 2.52 bits per heavy atom. The predicted octanol–water partition coefficient (Wildman–Crippen LogP) is 4.38. The zero-order chi connectivity index (χ0) is 15.4. The lowest BCUT2D eigenvalue weighted by Gasteiger charge is -2.12. The van der Waals surface area contributed by atoms with E-state index in [0.29, 0.717) is 21.3 Å². The first-order valence-corrected chi connectivity index (χ1v) is 7.06. The highest BCUT2D eigenvalue weighted by molar-refractivity contribution is 9.10. The molecule has 0 amide bonds. The SMILES string of the molecule is COc1ccc(C(C)=O)cc1COc1ccc(Br)cc1F. The van der Waals surface area contributed by atoms with E-state index in [1.807, 2.05) is 0 Å². The van der Waals surface area contributed by atoms with E-state index < -0.39 is 5.82 Å². The second kappa shape index (κ2) is 6.72. The Hall–Kier alpha value is -1.88. The summed E-state index contributed by atoms with van der Waals surface area (Å²) in [5.74, 6) is 0.241. The van der Waals surface area contributed by atoms with Gasteiger partial charge in [-0.1, -0.05) is 15.9 Å². The van der Waals surface area contributed by atoms with Gasteiger partial charge in [0.1, 0.15) is 12.4 Å². The van der Waals surface area contributed by atoms with Gasteiger partial charge in [-0.25, -0.2) is 4.39 Å². The number of rotatable bonds is 5. The van der Waals surface area contributed by atoms with E-state index in [-0.39, 0.29) is 18.1 Å². The summed E-state index contributed by atoms with van der Waals surface area (Å²) >= 11 is 3.19. The van der Waals surface area contributed by atoms with Crippen molar-refractivity contribution in [3.05, 3.63) is 57.8 Å². The lowest BCUT2D eigenvalue weighted by atomic mass is 10.1. The summed E-state index contributed by atoms with van der Waals surface area (Å²) in [5, 5.41) is 0. The van der Waals surface area contributed by atoms with Gasteiger partial charge in [-0.15, -0.1) is 0 Å². The highest BCUT2D eigenvalue weighted by Crippen LogP contribution is 2.25. The van der Waals surface area contributed by atoms with Crippen molar-refractivity contribution in [1.29, 1.82) is 0 Å². The molecule has 0 atom stereocenters. The van der Waals surface area contributed by atoms with Crippen molar-refractivity contribution in [3.63, 3.8) is 0 Å². The van der Waals surface area contributed by atoms with Crippen LogP contribution in [0.3, 0.4) is 0 Å². The molecule has 0 spiro atoms. The fourth-order valence-corrected chi connectivity index (χ4v) is 2.19. The van der Waals surface area contributed by atoms with Crippen molar-refractivity contribution in [2.75, 3.05) is 7.11 Å². The lowest BCUT2D eigenvalue weighted by molar-refractivity contribution is 0.101. The summed E-state index contributed by atoms with van der Waals surface area (Å²) < 4.78 is 25.0. The van der Waals surface area contributed by atoms with Gasteiger partial charge in [0.05, 0.1) is 7.11 Å². The Bertz CT molecular complexity index is 671. The fourth-order valence-electron chi connectivity index (χ4n) is 1.86. The van der Waals surface area contributed by atoms with Crippen LogP contribution in [0.1, 0.15) is 22.8 Å². The lowest BCUT2D eigenvalue weighted by Crippen LogP contribution is -2.02. The van der Waals surface area contributed by atoms with Crippen LogP contribution in [0.5, 0.6) is 11.5 Å². The van der Waals surface area contributed by atoms with E-state index in [2.05, 4.69) is 15.9 Å². The third-order valence-electron chi connectivity index (χ3n) is 2.96. The molecular formula is C16H14BrFO3. The van der Waals surface area contributed by atoms with Crippen molar-refractivity contribution in [2.45, 2.75) is 13.5 Å². The Labute approximate surface area is 130 Å². The molecule has 110 valence electrons. The highest BCUT2D eigenvalue weighted by Gasteiger charge is 2.10. The first-order valence-electron chi connectivity index (χ1n) is 6.27. The van der Waals surface area contributed by atoms with Gasteiger partial charge in [0.15, 0.2) is 17.3 Å². The van der Waals surface area contributed by atoms with E-state index in [1.165, 1.54) is 20.1 Å². The van der Waals surface area contributed by atoms with E-state index >= 15 is 0 Å². The van der Waals surface area contributed by atoms with Crippen LogP contribution >= 0.6 is 15.9 Å². The molecule has 0 fully saturated rings. The number of Topliss-reactive ketones (excluding diaryl/α,β-unsaturated/α-hetero) is 1. The largest absolute Gasteiger partial charge is 0.496 e. The number of carbonyl (C=O) groups excluding carboxylic acids is 1. The molecule has 2 aromatic carbocycles. The zero-order valence-electron chi connectivity index (χ0n) is 11.7. The molecule has 0 aromatic heterocycles. The second-order valence-corrected chi connectivity index (χ2v) is 5.36. The maximum Gasteiger partial charge on any atom is 0.166 e. The van der Waals surface area contributed by atoms with Crippen LogP contribution in [0.15, 0.2) is 40.9 Å². The van der Waals surface area contributed by atoms with Crippen LogP contribution in [0.2, 0.25) is 0 Å². The minimum absolute atomic E-state index is 0.0475. The molecule has 0 aliphatic heterocycles. The van der Waals surface area contributed by atoms with E-state index in [4.69, 9.17) is 9.47 Å². The minimum atomic E-state index is -0.453. The van der Waals surface area contributed by atoms with Crippen LogP contribution < -0.4 is 9.47 Å². The number of benzene rings is 2. The van der Waals surface area contributed by atoms with Crippen LogP contribution in [0.4, 0.5) is 4.39 Å². The summed E-state index contributed by atoms with van der Waals surface area (Å²) in [7, 11) is 1.53. The van der Waals surface area contributed by atoms with Gasteiger partial charge in [-0.05, 0) is 43.3 Å². The van der Waals surface area contributed by atoms with Crippen molar-refractivity contribution < 1.29 is 18.7 Å². The van der Waals surface area contributed by atoms with Crippen LogP contribution in [0.25, 0.3) is 0 Å². The Morgan fingerprint density at radius 2 is 1.90 bits per heavy atom. The Kier molecular flexibility index (Phi) is 4.96. The minimum Gasteiger partial charge on any atom is -0.496 e. The molecule has 0 saturated heterocycles. The van der Waals surface area contributed by atoms with Gasteiger partial charge in [0.25, 0.3) is 0 Å². The molecule has 0 N–H and O–H groups in total. The summed E-state index contributed by atoms with van der Waals surface area (Å²) in [5.41, 5.74) is 1.25. The van der Waals surface area contributed by atoms with Crippen LogP contribution in [0, 0.1) is 5.82 Å². The molecule has 5 heteroatoms. The van der Waals surface area contributed by atoms with Gasteiger partial charge in [0.2, 0.25) is 0 Å². The van der Waals surface area contributed by atoms with Crippen LogP contribution in [-0.4, -0.2) is 12.9 Å². The highest BCUT2D eigenvalue weighted by atomic mass is 79.9. The maximum absolute atomic E-state index is 13.7. The molecule has 0 unspecified atom stereocenters. The summed E-state index contributed by atoms with van der Waals surface area (Å²) in [6.07, 6.45) is 0. The number of ether oxygens (including phenoxy) is 2. The molecule has 0 saturated carbocycles. The van der Waals surface area contributed by atoms with Crippen molar-refractivity contribution in [1.82, 2.24) is 0 Å². The summed E-state index contributed by atoms with van der Waals surface area (Å²) in [6, 6.07) is 9.65. The van der Waals surface area contributed by atoms with E-state index in [9.17, 15) is 9.18 Å². The molecular weight excluding hydrogens is 339 g/mol. The predicted molar refractivity (Wildman–Crippen MR) is 81.4 cm³/mol. The topological polar surface area (TPSA) is 35.5 Å². The van der Waals surface area contributed by atoms with E-state index in [1.54, 1.807) is 30.3 Å². The van der Waals surface area contributed by atoms with Gasteiger partial charge < -0.3 is 9.47 Å². The quantitative estimate of drug-likeness (QED) is 0.749. The summed E-state index contributed by atoms with van der Waals surface area (Å²) in [6.45, 7) is 1.60. The number of carbonyl (C=O) groups is 1. The molecule has 0 bridgehead atoms. The first-order chi connectivity index (χ1) is 10.0. The average molecular weight is 353 g/mol. The number of hydrogen-bond donors (Lipinski definition) is 0. The summed E-state index contributed by atoms with van der Waals surface area (Å²) in [4.78, 5) is 11.4. The molecule has 3 nitrogen and oxygen atoms in total. The van der Waals surface area contributed by atoms with Gasteiger partial charge in [-0.3, -0.25) is 4.79 Å². The smallest absolute Gasteiger partial charge is 0.166 e. The number of methoxy groups -OCH3 is 1. The third kappa shape index (κ3) is 3.82. The molecule has 0 aliphatic rings. The molecule has 2 aromatic rings. The maximum atomic E-state index is 13.7. The van der Waals surface area contributed by atoms with Gasteiger partial charge in [0, 0.05) is 15.6 Å². The molecule has 2 rings (SSSR count). The monoisotopic (exact) mass is 352 g/mol. The second-order valence-electron chi connectivity index (χ2n) is 4.45. The van der Waals surface area contributed by atoms with Crippen molar-refractivity contribution >= 4 is 21.7 Å². The van der Waals surface area contributed by atoms with E-state index in [0.717, 1.165) is 0 Å².